The maximum absolute atomic E-state index is 5.07. The molecular formula is C50H33N5. The molecule has 0 N–H and O–H groups in total. The van der Waals surface area contributed by atoms with Crippen LogP contribution in [0.15, 0.2) is 200 Å². The number of para-hydroxylation sites is 2. The van der Waals surface area contributed by atoms with Gasteiger partial charge in [0.05, 0.1) is 11.0 Å². The lowest BCUT2D eigenvalue weighted by Gasteiger charge is -2.11. The van der Waals surface area contributed by atoms with E-state index in [0.29, 0.717) is 17.5 Å². The molecule has 0 aliphatic heterocycles. The Bertz CT molecular complexity index is 2940. The van der Waals surface area contributed by atoms with Gasteiger partial charge in [0.15, 0.2) is 17.5 Å². The second-order valence-electron chi connectivity index (χ2n) is 13.6. The van der Waals surface area contributed by atoms with Gasteiger partial charge in [-0.2, -0.15) is 0 Å². The number of nitrogens with zero attached hydrogens (tertiary/aromatic N) is 5. The van der Waals surface area contributed by atoms with Gasteiger partial charge in [0.25, 0.3) is 0 Å². The van der Waals surface area contributed by atoms with Gasteiger partial charge in [-0.25, -0.2) is 15.0 Å². The Morgan fingerprint density at radius 2 is 0.745 bits per heavy atom. The van der Waals surface area contributed by atoms with E-state index in [1.165, 1.54) is 27.4 Å². The second kappa shape index (κ2) is 13.8. The van der Waals surface area contributed by atoms with Crippen LogP contribution in [-0.4, -0.2) is 24.5 Å². The van der Waals surface area contributed by atoms with Gasteiger partial charge >= 0.3 is 0 Å². The first kappa shape index (κ1) is 32.2. The van der Waals surface area contributed by atoms with Crippen molar-refractivity contribution in [3.63, 3.8) is 0 Å². The number of benzene rings is 7. The highest BCUT2D eigenvalue weighted by Gasteiger charge is 2.16. The Hall–Kier alpha value is -7.50. The lowest BCUT2D eigenvalue weighted by atomic mass is 10.0. The predicted octanol–water partition coefficient (Wildman–Crippen LogP) is 12.4. The van der Waals surface area contributed by atoms with E-state index in [-0.39, 0.29) is 0 Å². The number of aromatic nitrogens is 5. The Balaban J connectivity index is 1.05. The zero-order valence-corrected chi connectivity index (χ0v) is 29.8. The molecule has 55 heavy (non-hydrogen) atoms. The van der Waals surface area contributed by atoms with Crippen molar-refractivity contribution in [3.05, 3.63) is 200 Å². The van der Waals surface area contributed by atoms with Gasteiger partial charge in [-0.1, -0.05) is 140 Å². The second-order valence-corrected chi connectivity index (χ2v) is 13.6. The first-order chi connectivity index (χ1) is 27.2. The quantitative estimate of drug-likeness (QED) is 0.166. The third-order valence-electron chi connectivity index (χ3n) is 10.2. The first-order valence-electron chi connectivity index (χ1n) is 18.4. The minimum Gasteiger partial charge on any atom is -0.309 e. The third kappa shape index (κ3) is 6.14. The zero-order valence-electron chi connectivity index (χ0n) is 29.8. The summed E-state index contributed by atoms with van der Waals surface area (Å²) in [5, 5.41) is 2.45. The standard InChI is InChI=1S/C50H33N5/c1-3-10-34(11-4-1)35-18-22-38(23-19-35)48-52-49(54-50(53-48)42-13-9-12-40(32-42)37-28-30-51-31-29-37)39-24-20-36(21-25-39)41-26-27-47-45(33-41)44-16-7-8-17-46(44)55(47)43-14-5-2-6-15-43/h1-33H. The van der Waals surface area contributed by atoms with Crippen LogP contribution < -0.4 is 0 Å². The van der Waals surface area contributed by atoms with Gasteiger partial charge in [-0.15, -0.1) is 0 Å². The van der Waals surface area contributed by atoms with Crippen molar-refractivity contribution in [1.82, 2.24) is 24.5 Å². The average Bonchev–Trinajstić information content (AvgIpc) is 3.61. The van der Waals surface area contributed by atoms with E-state index in [1.807, 2.05) is 36.7 Å². The summed E-state index contributed by atoms with van der Waals surface area (Å²) in [5.74, 6) is 1.86. The average molecular weight is 704 g/mol. The summed E-state index contributed by atoms with van der Waals surface area (Å²) in [6, 6.07) is 65.7. The first-order valence-corrected chi connectivity index (χ1v) is 18.4. The summed E-state index contributed by atoms with van der Waals surface area (Å²) in [6.45, 7) is 0. The van der Waals surface area contributed by atoms with Gasteiger partial charge in [-0.3, -0.25) is 4.98 Å². The maximum Gasteiger partial charge on any atom is 0.164 e. The summed E-state index contributed by atoms with van der Waals surface area (Å²) < 4.78 is 2.34. The highest BCUT2D eigenvalue weighted by molar-refractivity contribution is 6.10. The van der Waals surface area contributed by atoms with Crippen molar-refractivity contribution in [3.8, 4) is 73.2 Å². The Morgan fingerprint density at radius 1 is 0.291 bits per heavy atom. The van der Waals surface area contributed by atoms with Crippen LogP contribution >= 0.6 is 0 Å². The number of hydrogen-bond acceptors (Lipinski definition) is 4. The normalized spacial score (nSPS) is 11.3. The molecule has 0 radical (unpaired) electrons. The van der Waals surface area contributed by atoms with E-state index in [2.05, 4.69) is 173 Å². The molecule has 258 valence electrons. The van der Waals surface area contributed by atoms with Crippen molar-refractivity contribution in [2.24, 2.45) is 0 Å². The lowest BCUT2D eigenvalue weighted by molar-refractivity contribution is 1.07. The van der Waals surface area contributed by atoms with Gasteiger partial charge in [-0.05, 0) is 81.9 Å². The molecule has 0 aliphatic rings. The largest absolute Gasteiger partial charge is 0.309 e. The van der Waals surface area contributed by atoms with E-state index in [4.69, 9.17) is 15.0 Å². The Morgan fingerprint density at radius 3 is 1.44 bits per heavy atom. The number of pyridine rings is 1. The molecule has 0 unspecified atom stereocenters. The maximum atomic E-state index is 5.07. The molecule has 5 nitrogen and oxygen atoms in total. The van der Waals surface area contributed by atoms with Crippen LogP contribution in [0, 0.1) is 0 Å². The molecule has 0 fully saturated rings. The molecule has 0 spiro atoms. The highest BCUT2D eigenvalue weighted by atomic mass is 15.0. The van der Waals surface area contributed by atoms with Crippen LogP contribution in [0.2, 0.25) is 0 Å². The SMILES string of the molecule is c1ccc(-c2ccc(-c3nc(-c4ccc(-c5ccc6c(c5)c5ccccc5n6-c5ccccc5)cc4)nc(-c4cccc(-c5ccncc5)c4)n3)cc2)cc1. The summed E-state index contributed by atoms with van der Waals surface area (Å²) in [5.41, 5.74) is 13.0. The zero-order chi connectivity index (χ0) is 36.6. The van der Waals surface area contributed by atoms with Crippen LogP contribution in [0.5, 0.6) is 0 Å². The number of rotatable bonds is 7. The van der Waals surface area contributed by atoms with Crippen LogP contribution in [0.25, 0.3) is 95.0 Å². The van der Waals surface area contributed by atoms with Crippen LogP contribution in [-0.2, 0) is 0 Å². The van der Waals surface area contributed by atoms with Crippen molar-refractivity contribution >= 4 is 21.8 Å². The fourth-order valence-corrected chi connectivity index (χ4v) is 7.41. The minimum atomic E-state index is 0.618. The Kier molecular flexibility index (Phi) is 8.08. The topological polar surface area (TPSA) is 56.5 Å². The molecule has 5 heteroatoms. The molecule has 0 saturated carbocycles. The summed E-state index contributed by atoms with van der Waals surface area (Å²) >= 11 is 0. The number of hydrogen-bond donors (Lipinski definition) is 0. The van der Waals surface area contributed by atoms with Crippen molar-refractivity contribution in [2.75, 3.05) is 0 Å². The van der Waals surface area contributed by atoms with Crippen LogP contribution in [0.4, 0.5) is 0 Å². The van der Waals surface area contributed by atoms with E-state index >= 15 is 0 Å². The van der Waals surface area contributed by atoms with Crippen molar-refractivity contribution in [1.29, 1.82) is 0 Å². The molecule has 3 heterocycles. The Labute approximate surface area is 318 Å². The fourth-order valence-electron chi connectivity index (χ4n) is 7.41. The van der Waals surface area contributed by atoms with Gasteiger partial charge in [0.1, 0.15) is 0 Å². The molecule has 0 amide bonds. The van der Waals surface area contributed by atoms with Gasteiger partial charge < -0.3 is 4.57 Å². The molecule has 0 aliphatic carbocycles. The molecular weight excluding hydrogens is 671 g/mol. The fraction of sp³-hybridized carbons (Fsp3) is 0. The third-order valence-corrected chi connectivity index (χ3v) is 10.2. The van der Waals surface area contributed by atoms with E-state index < -0.39 is 0 Å². The summed E-state index contributed by atoms with van der Waals surface area (Å²) in [4.78, 5) is 19.4. The summed E-state index contributed by atoms with van der Waals surface area (Å²) in [7, 11) is 0. The predicted molar refractivity (Wildman–Crippen MR) is 225 cm³/mol. The molecule has 10 aromatic rings. The van der Waals surface area contributed by atoms with Crippen molar-refractivity contribution in [2.45, 2.75) is 0 Å². The van der Waals surface area contributed by atoms with E-state index in [9.17, 15) is 0 Å². The molecule has 0 bridgehead atoms. The smallest absolute Gasteiger partial charge is 0.164 e. The molecule has 3 aromatic heterocycles. The van der Waals surface area contributed by atoms with Crippen molar-refractivity contribution < 1.29 is 0 Å². The molecule has 0 saturated heterocycles. The minimum absolute atomic E-state index is 0.618. The molecule has 10 rings (SSSR count). The van der Waals surface area contributed by atoms with Crippen LogP contribution in [0.3, 0.4) is 0 Å². The van der Waals surface area contributed by atoms with Gasteiger partial charge in [0.2, 0.25) is 0 Å². The van der Waals surface area contributed by atoms with E-state index in [0.717, 1.165) is 50.2 Å². The monoisotopic (exact) mass is 703 g/mol. The molecule has 7 aromatic carbocycles. The van der Waals surface area contributed by atoms with E-state index in [1.54, 1.807) is 0 Å². The molecule has 0 atom stereocenters. The summed E-state index contributed by atoms with van der Waals surface area (Å²) in [6.07, 6.45) is 3.62. The highest BCUT2D eigenvalue weighted by Crippen LogP contribution is 2.36. The lowest BCUT2D eigenvalue weighted by Crippen LogP contribution is -2.00. The number of fused-ring (bicyclic) bond motifs is 3. The van der Waals surface area contributed by atoms with Crippen LogP contribution in [0.1, 0.15) is 0 Å². The van der Waals surface area contributed by atoms with Gasteiger partial charge in [0, 0.05) is 45.5 Å².